The van der Waals surface area contributed by atoms with Crippen LogP contribution in [-0.4, -0.2) is 28.1 Å². The average Bonchev–Trinajstić information content (AvgIpc) is 2.85. The van der Waals surface area contributed by atoms with Crippen molar-refractivity contribution in [2.45, 2.75) is 6.54 Å². The fourth-order valence-electron chi connectivity index (χ4n) is 3.18. The second-order valence-electron chi connectivity index (χ2n) is 7.01. The molecule has 0 bridgehead atoms. The minimum absolute atomic E-state index is 0.0554. The lowest BCUT2D eigenvalue weighted by Crippen LogP contribution is -2.37. The van der Waals surface area contributed by atoms with Gasteiger partial charge in [0.15, 0.2) is 11.5 Å². The number of hydrazine groups is 1. The lowest BCUT2D eigenvalue weighted by molar-refractivity contribution is 0.0922. The largest absolute Gasteiger partial charge is 0.504 e. The second kappa shape index (κ2) is 9.72. The van der Waals surface area contributed by atoms with Crippen LogP contribution in [0.3, 0.4) is 0 Å². The number of benzene rings is 3. The molecule has 160 valence electrons. The molecule has 4 aromatic rings. The van der Waals surface area contributed by atoms with Crippen molar-refractivity contribution in [3.63, 3.8) is 0 Å². The summed E-state index contributed by atoms with van der Waals surface area (Å²) in [5.41, 5.74) is 9.44. The van der Waals surface area contributed by atoms with Crippen LogP contribution in [0.1, 0.15) is 16.2 Å². The van der Waals surface area contributed by atoms with Gasteiger partial charge in [-0.3, -0.25) is 10.2 Å². The molecule has 4 rings (SSSR count). The van der Waals surface area contributed by atoms with Gasteiger partial charge in [-0.05, 0) is 23.8 Å². The van der Waals surface area contributed by atoms with Gasteiger partial charge in [0.1, 0.15) is 0 Å². The SMILES string of the molecule is COc1cc(CNNC(=O)c2nc(-c3ccccc3)cc(-c3ccccc3)n2)ccc1O. The third-order valence-electron chi connectivity index (χ3n) is 4.81. The first-order valence-electron chi connectivity index (χ1n) is 10.0. The van der Waals surface area contributed by atoms with Crippen LogP contribution in [0, 0.1) is 0 Å². The van der Waals surface area contributed by atoms with Crippen molar-refractivity contribution in [2.75, 3.05) is 7.11 Å². The predicted molar refractivity (Wildman–Crippen MR) is 122 cm³/mol. The zero-order valence-electron chi connectivity index (χ0n) is 17.4. The van der Waals surface area contributed by atoms with E-state index in [9.17, 15) is 9.90 Å². The number of phenols is 1. The summed E-state index contributed by atoms with van der Waals surface area (Å²) in [6, 6.07) is 26.1. The Labute approximate surface area is 185 Å². The number of carbonyl (C=O) groups excluding carboxylic acids is 1. The standard InChI is InChI=1S/C25H22N4O3/c1-32-23-14-17(12-13-22(23)30)16-26-29-25(31)24-27-20(18-8-4-2-5-9-18)15-21(28-24)19-10-6-3-7-11-19/h2-15,26,30H,16H2,1H3,(H,29,31). The van der Waals surface area contributed by atoms with Gasteiger partial charge in [-0.15, -0.1) is 0 Å². The zero-order chi connectivity index (χ0) is 22.3. The van der Waals surface area contributed by atoms with E-state index >= 15 is 0 Å². The Balaban J connectivity index is 1.56. The molecule has 0 saturated carbocycles. The van der Waals surface area contributed by atoms with Gasteiger partial charge in [0, 0.05) is 17.7 Å². The highest BCUT2D eigenvalue weighted by molar-refractivity contribution is 5.91. The van der Waals surface area contributed by atoms with E-state index in [1.165, 1.54) is 13.2 Å². The van der Waals surface area contributed by atoms with Gasteiger partial charge in [0.2, 0.25) is 5.82 Å². The molecule has 0 fully saturated rings. The lowest BCUT2D eigenvalue weighted by Gasteiger charge is -2.11. The molecule has 0 aliphatic carbocycles. The molecule has 0 saturated heterocycles. The summed E-state index contributed by atoms with van der Waals surface area (Å²) in [7, 11) is 1.48. The van der Waals surface area contributed by atoms with E-state index in [0.717, 1.165) is 16.7 Å². The number of phenolic OH excluding ortho intramolecular Hbond substituents is 1. The number of methoxy groups -OCH3 is 1. The maximum Gasteiger partial charge on any atom is 0.303 e. The Hall–Kier alpha value is -4.23. The summed E-state index contributed by atoms with van der Waals surface area (Å²) in [5.74, 6) is 0.0218. The third-order valence-corrected chi connectivity index (χ3v) is 4.81. The average molecular weight is 426 g/mol. The van der Waals surface area contributed by atoms with E-state index in [2.05, 4.69) is 20.8 Å². The summed E-state index contributed by atoms with van der Waals surface area (Å²) in [4.78, 5) is 21.8. The molecule has 0 radical (unpaired) electrons. The highest BCUT2D eigenvalue weighted by Crippen LogP contribution is 2.26. The number of ether oxygens (including phenoxy) is 1. The van der Waals surface area contributed by atoms with Crippen molar-refractivity contribution < 1.29 is 14.6 Å². The molecular formula is C25H22N4O3. The van der Waals surface area contributed by atoms with Gasteiger partial charge < -0.3 is 9.84 Å². The Kier molecular flexibility index (Phi) is 6.38. The first-order valence-corrected chi connectivity index (χ1v) is 10.0. The molecule has 0 spiro atoms. The van der Waals surface area contributed by atoms with E-state index in [1.807, 2.05) is 66.7 Å². The number of aromatic nitrogens is 2. The third kappa shape index (κ3) is 4.91. The van der Waals surface area contributed by atoms with Crippen LogP contribution in [0.25, 0.3) is 22.5 Å². The molecule has 3 aromatic carbocycles. The monoisotopic (exact) mass is 426 g/mol. The summed E-state index contributed by atoms with van der Waals surface area (Å²) in [6.07, 6.45) is 0. The number of aromatic hydroxyl groups is 1. The maximum absolute atomic E-state index is 12.8. The van der Waals surface area contributed by atoms with Gasteiger partial charge in [-0.25, -0.2) is 15.4 Å². The Morgan fingerprint density at radius 3 is 2.03 bits per heavy atom. The number of rotatable bonds is 7. The van der Waals surface area contributed by atoms with Crippen LogP contribution in [0.15, 0.2) is 84.9 Å². The Bertz CT molecular complexity index is 1160. The summed E-state index contributed by atoms with van der Waals surface area (Å²) >= 11 is 0. The molecule has 7 heteroatoms. The Morgan fingerprint density at radius 2 is 1.47 bits per heavy atom. The molecule has 0 unspecified atom stereocenters. The topological polar surface area (TPSA) is 96.4 Å². The fourth-order valence-corrected chi connectivity index (χ4v) is 3.18. The van der Waals surface area contributed by atoms with Gasteiger partial charge >= 0.3 is 5.91 Å². The van der Waals surface area contributed by atoms with Gasteiger partial charge in [-0.1, -0.05) is 66.7 Å². The minimum Gasteiger partial charge on any atom is -0.504 e. The van der Waals surface area contributed by atoms with Crippen LogP contribution >= 0.6 is 0 Å². The summed E-state index contributed by atoms with van der Waals surface area (Å²) in [5, 5.41) is 9.71. The van der Waals surface area contributed by atoms with Gasteiger partial charge in [-0.2, -0.15) is 0 Å². The van der Waals surface area contributed by atoms with Crippen molar-refractivity contribution in [1.29, 1.82) is 0 Å². The summed E-state index contributed by atoms with van der Waals surface area (Å²) in [6.45, 7) is 0.326. The van der Waals surface area contributed by atoms with Crippen molar-refractivity contribution >= 4 is 5.91 Å². The van der Waals surface area contributed by atoms with Crippen molar-refractivity contribution in [1.82, 2.24) is 20.8 Å². The van der Waals surface area contributed by atoms with Crippen LogP contribution in [0.4, 0.5) is 0 Å². The van der Waals surface area contributed by atoms with Crippen molar-refractivity contribution in [2.24, 2.45) is 0 Å². The highest BCUT2D eigenvalue weighted by atomic mass is 16.5. The maximum atomic E-state index is 12.8. The predicted octanol–water partition coefficient (Wildman–Crippen LogP) is 3.96. The first kappa shape index (κ1) is 21.0. The second-order valence-corrected chi connectivity index (χ2v) is 7.01. The first-order chi connectivity index (χ1) is 15.6. The summed E-state index contributed by atoms with van der Waals surface area (Å²) < 4.78 is 5.11. The number of hydrogen-bond donors (Lipinski definition) is 3. The molecule has 0 atom stereocenters. The molecule has 32 heavy (non-hydrogen) atoms. The Morgan fingerprint density at radius 1 is 0.875 bits per heavy atom. The van der Waals surface area contributed by atoms with E-state index in [1.54, 1.807) is 12.1 Å². The van der Waals surface area contributed by atoms with Gasteiger partial charge in [0.25, 0.3) is 0 Å². The normalized spacial score (nSPS) is 10.5. The number of amides is 1. The molecule has 0 aliphatic heterocycles. The molecule has 3 N–H and O–H groups in total. The minimum atomic E-state index is -0.453. The van der Waals surface area contributed by atoms with Crippen molar-refractivity contribution in [3.8, 4) is 34.0 Å². The number of hydrogen-bond acceptors (Lipinski definition) is 6. The van der Waals surface area contributed by atoms with Crippen LogP contribution < -0.4 is 15.6 Å². The van der Waals surface area contributed by atoms with E-state index in [0.29, 0.717) is 23.7 Å². The smallest absolute Gasteiger partial charge is 0.303 e. The molecule has 1 amide bonds. The molecular weight excluding hydrogens is 404 g/mol. The quantitative estimate of drug-likeness (QED) is 0.387. The molecule has 1 aromatic heterocycles. The number of nitrogens with zero attached hydrogens (tertiary/aromatic N) is 2. The van der Waals surface area contributed by atoms with Gasteiger partial charge in [0.05, 0.1) is 18.5 Å². The van der Waals surface area contributed by atoms with Crippen LogP contribution in [-0.2, 0) is 6.54 Å². The number of nitrogens with one attached hydrogen (secondary N) is 2. The van der Waals surface area contributed by atoms with Crippen LogP contribution in [0.5, 0.6) is 11.5 Å². The molecule has 7 nitrogen and oxygen atoms in total. The van der Waals surface area contributed by atoms with E-state index < -0.39 is 5.91 Å². The van der Waals surface area contributed by atoms with Crippen LogP contribution in [0.2, 0.25) is 0 Å². The zero-order valence-corrected chi connectivity index (χ0v) is 17.4. The molecule has 0 aliphatic rings. The highest BCUT2D eigenvalue weighted by Gasteiger charge is 2.14. The lowest BCUT2D eigenvalue weighted by atomic mass is 10.1. The van der Waals surface area contributed by atoms with E-state index in [4.69, 9.17) is 4.74 Å². The fraction of sp³-hybridized carbons (Fsp3) is 0.0800. The van der Waals surface area contributed by atoms with E-state index in [-0.39, 0.29) is 11.6 Å². The van der Waals surface area contributed by atoms with Crippen molar-refractivity contribution in [3.05, 3.63) is 96.3 Å². The molecule has 1 heterocycles. The number of carbonyl (C=O) groups is 1.